The summed E-state index contributed by atoms with van der Waals surface area (Å²) in [6, 6.07) is 21.9. The van der Waals surface area contributed by atoms with E-state index in [9.17, 15) is 9.59 Å². The summed E-state index contributed by atoms with van der Waals surface area (Å²) in [4.78, 5) is 32.7. The first-order valence-electron chi connectivity index (χ1n) is 13.8. The van der Waals surface area contributed by atoms with Crippen LogP contribution in [-0.4, -0.2) is 24.3 Å². The minimum atomic E-state index is -0.814. The molecule has 0 N–H and O–H groups in total. The van der Waals surface area contributed by atoms with Crippen LogP contribution in [0.25, 0.3) is 6.08 Å². The van der Waals surface area contributed by atoms with Gasteiger partial charge in [0.15, 0.2) is 4.80 Å². The Morgan fingerprint density at radius 2 is 1.83 bits per heavy atom. The number of thiazole rings is 1. The van der Waals surface area contributed by atoms with E-state index < -0.39 is 12.0 Å². The fraction of sp³-hybridized carbons (Fsp3) is 0.242. The quantitative estimate of drug-likeness (QED) is 0.214. The Kier molecular flexibility index (Phi) is 9.25. The summed E-state index contributed by atoms with van der Waals surface area (Å²) in [7, 11) is 1.55. The van der Waals surface area contributed by atoms with Gasteiger partial charge in [-0.2, -0.15) is 0 Å². The van der Waals surface area contributed by atoms with Gasteiger partial charge in [-0.1, -0.05) is 78.7 Å². The molecule has 5 rings (SSSR count). The second-order valence-electron chi connectivity index (χ2n) is 9.64. The van der Waals surface area contributed by atoms with Gasteiger partial charge in [0.2, 0.25) is 0 Å². The third kappa shape index (κ3) is 6.20. The molecule has 0 bridgehead atoms. The molecule has 7 nitrogen and oxygen atoms in total. The van der Waals surface area contributed by atoms with Crippen molar-refractivity contribution in [3.05, 3.63) is 125 Å². The summed E-state index contributed by atoms with van der Waals surface area (Å²) in [5.74, 6) is 0.718. The number of fused-ring (bicyclic) bond motifs is 1. The first-order valence-corrected chi connectivity index (χ1v) is 14.9. The van der Waals surface area contributed by atoms with Crippen molar-refractivity contribution in [1.82, 2.24) is 4.57 Å². The van der Waals surface area contributed by atoms with E-state index in [4.69, 9.17) is 30.8 Å². The third-order valence-electron chi connectivity index (χ3n) is 6.80. The first-order chi connectivity index (χ1) is 20.4. The van der Waals surface area contributed by atoms with Gasteiger partial charge in [-0.05, 0) is 60.9 Å². The van der Waals surface area contributed by atoms with Crippen molar-refractivity contribution in [3.8, 4) is 11.5 Å². The number of hydrogen-bond donors (Lipinski definition) is 0. The van der Waals surface area contributed by atoms with Crippen molar-refractivity contribution in [1.29, 1.82) is 0 Å². The Morgan fingerprint density at radius 3 is 2.52 bits per heavy atom. The number of ether oxygens (including phenoxy) is 3. The van der Waals surface area contributed by atoms with Crippen LogP contribution < -0.4 is 24.4 Å². The number of benzene rings is 3. The minimum absolute atomic E-state index is 0.191. The average molecular weight is 603 g/mol. The molecule has 0 unspecified atom stereocenters. The van der Waals surface area contributed by atoms with Crippen molar-refractivity contribution >= 4 is 35.0 Å². The van der Waals surface area contributed by atoms with E-state index in [1.54, 1.807) is 36.8 Å². The van der Waals surface area contributed by atoms with Gasteiger partial charge in [0.05, 0.1) is 29.5 Å². The second kappa shape index (κ2) is 13.2. The number of esters is 1. The molecule has 0 amide bonds. The monoisotopic (exact) mass is 602 g/mol. The van der Waals surface area contributed by atoms with Gasteiger partial charge in [-0.25, -0.2) is 9.79 Å². The Morgan fingerprint density at radius 1 is 1.07 bits per heavy atom. The number of allylic oxidation sites excluding steroid dienone is 1. The highest BCUT2D eigenvalue weighted by Crippen LogP contribution is 2.38. The maximum absolute atomic E-state index is 14.0. The maximum Gasteiger partial charge on any atom is 0.338 e. The van der Waals surface area contributed by atoms with Gasteiger partial charge in [-0.15, -0.1) is 0 Å². The van der Waals surface area contributed by atoms with Crippen LogP contribution in [0.2, 0.25) is 5.02 Å². The summed E-state index contributed by atoms with van der Waals surface area (Å²) >= 11 is 7.69. The summed E-state index contributed by atoms with van der Waals surface area (Å²) < 4.78 is 19.1. The maximum atomic E-state index is 14.0. The molecule has 1 atom stereocenters. The summed E-state index contributed by atoms with van der Waals surface area (Å²) in [5, 5.41) is 0.458. The molecule has 4 aromatic rings. The Bertz CT molecular complexity index is 1790. The molecule has 0 aliphatic carbocycles. The lowest BCUT2D eigenvalue weighted by molar-refractivity contribution is -0.139. The van der Waals surface area contributed by atoms with Crippen molar-refractivity contribution < 1.29 is 19.0 Å². The van der Waals surface area contributed by atoms with E-state index in [0.29, 0.717) is 50.0 Å². The molecular weight excluding hydrogens is 572 g/mol. The molecule has 9 heteroatoms. The normalized spacial score (nSPS) is 14.8. The van der Waals surface area contributed by atoms with E-state index in [0.717, 1.165) is 23.3 Å². The molecular formula is C33H31ClN2O5S. The van der Waals surface area contributed by atoms with Crippen LogP contribution in [0.1, 0.15) is 49.4 Å². The lowest BCUT2D eigenvalue weighted by Crippen LogP contribution is -2.40. The molecule has 0 fully saturated rings. The van der Waals surface area contributed by atoms with E-state index in [1.807, 2.05) is 67.6 Å². The van der Waals surface area contributed by atoms with E-state index in [1.165, 1.54) is 11.3 Å². The van der Waals surface area contributed by atoms with Gasteiger partial charge >= 0.3 is 5.97 Å². The van der Waals surface area contributed by atoms with Gasteiger partial charge in [-0.3, -0.25) is 9.36 Å². The SMILES string of the molecule is CCCC1=C(C(=O)OCC)[C@@H](c2cc(Cl)ccc2OC)n2c(s/c(=C/c3ccc(OCc4ccccc4)cc3)c2=O)=N1. The van der Waals surface area contributed by atoms with Gasteiger partial charge in [0, 0.05) is 10.6 Å². The minimum Gasteiger partial charge on any atom is -0.496 e. The molecule has 0 saturated carbocycles. The lowest BCUT2D eigenvalue weighted by atomic mass is 9.93. The smallest absolute Gasteiger partial charge is 0.338 e. The number of carbonyl (C=O) groups excluding carboxylic acids is 1. The standard InChI is InChI=1S/C33H31ClN2O5S/c1-4-9-26-29(32(38)40-5-2)30(25-19-23(34)14-17-27(25)39-3)36-31(37)28(42-33(36)35-26)18-21-12-15-24(16-13-21)41-20-22-10-7-6-8-11-22/h6-8,10-19,30H,4-5,9,20H2,1-3H3/b28-18+/t30-/m1/s1. The number of rotatable bonds is 10. The van der Waals surface area contributed by atoms with Gasteiger partial charge in [0.1, 0.15) is 24.1 Å². The molecule has 0 spiro atoms. The number of halogens is 1. The predicted molar refractivity (Wildman–Crippen MR) is 165 cm³/mol. The molecule has 216 valence electrons. The van der Waals surface area contributed by atoms with Crippen LogP contribution in [0.15, 0.2) is 93.9 Å². The Labute approximate surface area is 253 Å². The molecule has 0 radical (unpaired) electrons. The zero-order valence-corrected chi connectivity index (χ0v) is 25.2. The predicted octanol–water partition coefficient (Wildman–Crippen LogP) is 5.82. The number of nitrogens with zero attached hydrogens (tertiary/aromatic N) is 2. The topological polar surface area (TPSA) is 79.1 Å². The van der Waals surface area contributed by atoms with Crippen LogP contribution in [0.5, 0.6) is 11.5 Å². The zero-order chi connectivity index (χ0) is 29.6. The number of carbonyl (C=O) groups is 1. The van der Waals surface area contributed by atoms with Crippen molar-refractivity contribution in [2.45, 2.75) is 39.3 Å². The van der Waals surface area contributed by atoms with Crippen LogP contribution in [0.3, 0.4) is 0 Å². The van der Waals surface area contributed by atoms with Crippen LogP contribution in [0, 0.1) is 0 Å². The number of methoxy groups -OCH3 is 1. The van der Waals surface area contributed by atoms with Crippen molar-refractivity contribution in [2.75, 3.05) is 13.7 Å². The largest absolute Gasteiger partial charge is 0.496 e. The van der Waals surface area contributed by atoms with Crippen LogP contribution in [0.4, 0.5) is 0 Å². The molecule has 1 aliphatic heterocycles. The fourth-order valence-corrected chi connectivity index (χ4v) is 6.09. The average Bonchev–Trinajstić information content (AvgIpc) is 3.31. The van der Waals surface area contributed by atoms with Crippen molar-refractivity contribution in [3.63, 3.8) is 0 Å². The van der Waals surface area contributed by atoms with Crippen LogP contribution in [-0.2, 0) is 16.1 Å². The molecule has 1 aromatic heterocycles. The second-order valence-corrected chi connectivity index (χ2v) is 11.1. The molecule has 1 aliphatic rings. The van der Waals surface area contributed by atoms with E-state index in [-0.39, 0.29) is 12.2 Å². The van der Waals surface area contributed by atoms with Gasteiger partial charge < -0.3 is 14.2 Å². The molecule has 2 heterocycles. The molecule has 3 aromatic carbocycles. The molecule has 0 saturated heterocycles. The Balaban J connectivity index is 1.59. The zero-order valence-electron chi connectivity index (χ0n) is 23.6. The highest BCUT2D eigenvalue weighted by atomic mass is 35.5. The Hall–Kier alpha value is -4.14. The highest BCUT2D eigenvalue weighted by molar-refractivity contribution is 7.07. The summed E-state index contributed by atoms with van der Waals surface area (Å²) in [6.45, 7) is 4.42. The van der Waals surface area contributed by atoms with E-state index in [2.05, 4.69) is 0 Å². The highest BCUT2D eigenvalue weighted by Gasteiger charge is 2.36. The number of hydrogen-bond acceptors (Lipinski definition) is 7. The van der Waals surface area contributed by atoms with Gasteiger partial charge in [0.25, 0.3) is 5.56 Å². The third-order valence-corrected chi connectivity index (χ3v) is 8.02. The fourth-order valence-electron chi connectivity index (χ4n) is 4.89. The summed E-state index contributed by atoms with van der Waals surface area (Å²) in [5.41, 5.74) is 3.14. The van der Waals surface area contributed by atoms with Crippen LogP contribution >= 0.6 is 22.9 Å². The number of aromatic nitrogens is 1. The van der Waals surface area contributed by atoms with Crippen molar-refractivity contribution in [2.24, 2.45) is 4.99 Å². The summed E-state index contributed by atoms with van der Waals surface area (Å²) in [6.07, 6.45) is 3.13. The lowest BCUT2D eigenvalue weighted by Gasteiger charge is -2.27. The molecule has 42 heavy (non-hydrogen) atoms. The van der Waals surface area contributed by atoms with E-state index >= 15 is 0 Å². The first kappa shape index (κ1) is 29.4.